The number of hydrogen-bond acceptors (Lipinski definition) is 3. The standard InChI is InChI=1S/C17H12Cl2N2O3.C4H8/c18-11-5-6-12(19)15-14(11)10(17(24)21-15)7-13(22)8-1-3-9(4-2-8)16(20)23;1-3-4-2/h1-6,10H,7H2,(H2,20,23)(H,21,24);3-4H,1-2H3/b;4-3-. The molecule has 2 aromatic carbocycles. The van der Waals surface area contributed by atoms with E-state index in [0.717, 1.165) is 0 Å². The summed E-state index contributed by atoms with van der Waals surface area (Å²) < 4.78 is 0. The molecule has 1 aliphatic heterocycles. The van der Waals surface area contributed by atoms with Gasteiger partial charge in [-0.15, -0.1) is 0 Å². The number of ketones is 1. The van der Waals surface area contributed by atoms with Gasteiger partial charge in [-0.2, -0.15) is 0 Å². The molecule has 5 nitrogen and oxygen atoms in total. The molecule has 2 aromatic rings. The maximum absolute atomic E-state index is 12.5. The second kappa shape index (κ2) is 9.53. The molecule has 1 unspecified atom stereocenters. The fraction of sp³-hybridized carbons (Fsp3) is 0.190. The summed E-state index contributed by atoms with van der Waals surface area (Å²) in [4.78, 5) is 35.7. The van der Waals surface area contributed by atoms with E-state index in [4.69, 9.17) is 28.9 Å². The van der Waals surface area contributed by atoms with Gasteiger partial charge in [0, 0.05) is 28.1 Å². The molecular formula is C21H20Cl2N2O3. The molecule has 0 radical (unpaired) electrons. The highest BCUT2D eigenvalue weighted by Gasteiger charge is 2.35. The van der Waals surface area contributed by atoms with E-state index in [1.807, 2.05) is 26.0 Å². The average molecular weight is 419 g/mol. The summed E-state index contributed by atoms with van der Waals surface area (Å²) in [5.41, 5.74) is 6.86. The molecule has 1 aliphatic rings. The van der Waals surface area contributed by atoms with Gasteiger partial charge in [0.15, 0.2) is 5.78 Å². The molecule has 1 atom stereocenters. The van der Waals surface area contributed by atoms with Gasteiger partial charge in [-0.3, -0.25) is 14.4 Å². The van der Waals surface area contributed by atoms with Crippen LogP contribution in [-0.2, 0) is 4.79 Å². The van der Waals surface area contributed by atoms with Gasteiger partial charge >= 0.3 is 0 Å². The average Bonchev–Trinajstić information content (AvgIpc) is 3.02. The quantitative estimate of drug-likeness (QED) is 0.541. The summed E-state index contributed by atoms with van der Waals surface area (Å²) in [5.74, 6) is -1.83. The molecule has 0 fully saturated rings. The van der Waals surface area contributed by atoms with Crippen LogP contribution in [0.25, 0.3) is 0 Å². The number of hydrogen-bond donors (Lipinski definition) is 2. The number of anilines is 1. The topological polar surface area (TPSA) is 89.3 Å². The Morgan fingerprint density at radius 2 is 1.54 bits per heavy atom. The third-order valence-electron chi connectivity index (χ3n) is 4.27. The van der Waals surface area contributed by atoms with Gasteiger partial charge in [0.1, 0.15) is 0 Å². The van der Waals surface area contributed by atoms with Gasteiger partial charge in [-0.1, -0.05) is 47.5 Å². The Balaban J connectivity index is 0.000000640. The summed E-state index contributed by atoms with van der Waals surface area (Å²) in [6.45, 7) is 4.00. The Morgan fingerprint density at radius 1 is 1.00 bits per heavy atom. The van der Waals surface area contributed by atoms with Crippen LogP contribution >= 0.6 is 23.2 Å². The summed E-state index contributed by atoms with van der Waals surface area (Å²) in [6, 6.07) is 9.16. The van der Waals surface area contributed by atoms with E-state index in [-0.39, 0.29) is 18.1 Å². The highest BCUT2D eigenvalue weighted by Crippen LogP contribution is 2.43. The fourth-order valence-corrected chi connectivity index (χ4v) is 3.20. The van der Waals surface area contributed by atoms with E-state index < -0.39 is 11.8 Å². The molecule has 0 aromatic heterocycles. The number of carbonyl (C=O) groups is 3. The Hall–Kier alpha value is -2.63. The third-order valence-corrected chi connectivity index (χ3v) is 4.91. The van der Waals surface area contributed by atoms with Crippen molar-refractivity contribution >= 4 is 46.5 Å². The number of carbonyl (C=O) groups excluding carboxylic acids is 3. The number of benzene rings is 2. The van der Waals surface area contributed by atoms with Crippen LogP contribution in [0.2, 0.25) is 10.0 Å². The van der Waals surface area contributed by atoms with Gasteiger partial charge in [0.25, 0.3) is 0 Å². The molecule has 0 aliphatic carbocycles. The second-order valence-corrected chi connectivity index (χ2v) is 6.91. The van der Waals surface area contributed by atoms with E-state index in [2.05, 4.69) is 5.32 Å². The van der Waals surface area contributed by atoms with Crippen molar-refractivity contribution in [1.82, 2.24) is 0 Å². The number of halogens is 2. The first-order chi connectivity index (χ1) is 13.3. The van der Waals surface area contributed by atoms with Gasteiger partial charge < -0.3 is 11.1 Å². The number of fused-ring (bicyclic) bond motifs is 1. The summed E-state index contributed by atoms with van der Waals surface area (Å²) >= 11 is 12.2. The van der Waals surface area contributed by atoms with Gasteiger partial charge in [0.2, 0.25) is 11.8 Å². The first kappa shape index (κ1) is 21.7. The molecule has 28 heavy (non-hydrogen) atoms. The number of nitrogens with one attached hydrogen (secondary N) is 1. The van der Waals surface area contributed by atoms with Crippen LogP contribution in [0.4, 0.5) is 5.69 Å². The molecular weight excluding hydrogens is 399 g/mol. The van der Waals surface area contributed by atoms with E-state index >= 15 is 0 Å². The van der Waals surface area contributed by atoms with Crippen LogP contribution in [0.5, 0.6) is 0 Å². The molecule has 0 spiro atoms. The minimum Gasteiger partial charge on any atom is -0.366 e. The molecule has 3 rings (SSSR count). The zero-order chi connectivity index (χ0) is 20.8. The molecule has 7 heteroatoms. The minimum atomic E-state index is -0.700. The highest BCUT2D eigenvalue weighted by atomic mass is 35.5. The van der Waals surface area contributed by atoms with Gasteiger partial charge in [0.05, 0.1) is 16.6 Å². The van der Waals surface area contributed by atoms with Crippen LogP contribution in [0, 0.1) is 0 Å². The van der Waals surface area contributed by atoms with E-state index in [0.29, 0.717) is 32.4 Å². The lowest BCUT2D eigenvalue weighted by Crippen LogP contribution is -2.16. The van der Waals surface area contributed by atoms with Gasteiger partial charge in [-0.25, -0.2) is 0 Å². The van der Waals surface area contributed by atoms with Crippen LogP contribution in [0.15, 0.2) is 48.6 Å². The Bertz CT molecular complexity index is 933. The minimum absolute atomic E-state index is 0.0468. The number of Topliss-reactive ketones (excluding diaryl/α,β-unsaturated/α-hetero) is 1. The maximum atomic E-state index is 12.5. The lowest BCUT2D eigenvalue weighted by molar-refractivity contribution is -0.117. The van der Waals surface area contributed by atoms with E-state index in [1.165, 1.54) is 24.3 Å². The number of nitrogens with two attached hydrogens (primary N) is 1. The molecule has 146 valence electrons. The lowest BCUT2D eigenvalue weighted by atomic mass is 9.92. The number of allylic oxidation sites excluding steroid dienone is 2. The zero-order valence-corrected chi connectivity index (χ0v) is 17.0. The van der Waals surface area contributed by atoms with E-state index in [1.54, 1.807) is 12.1 Å². The van der Waals surface area contributed by atoms with Crippen molar-refractivity contribution in [1.29, 1.82) is 0 Å². The number of amides is 2. The number of primary amides is 1. The third kappa shape index (κ3) is 4.80. The maximum Gasteiger partial charge on any atom is 0.248 e. The number of rotatable bonds is 4. The van der Waals surface area contributed by atoms with Crippen LogP contribution < -0.4 is 11.1 Å². The Labute approximate surface area is 173 Å². The smallest absolute Gasteiger partial charge is 0.248 e. The second-order valence-electron chi connectivity index (χ2n) is 6.10. The van der Waals surface area contributed by atoms with Crippen molar-refractivity contribution < 1.29 is 14.4 Å². The summed E-state index contributed by atoms with van der Waals surface area (Å²) in [5, 5.41) is 3.43. The van der Waals surface area contributed by atoms with Crippen molar-refractivity contribution in [3.63, 3.8) is 0 Å². The van der Waals surface area contributed by atoms with Crippen molar-refractivity contribution in [2.24, 2.45) is 5.73 Å². The molecule has 0 saturated carbocycles. The van der Waals surface area contributed by atoms with E-state index in [9.17, 15) is 14.4 Å². The first-order valence-corrected chi connectivity index (χ1v) is 9.34. The predicted octanol–water partition coefficient (Wildman–Crippen LogP) is 4.98. The SMILES string of the molecule is C/C=C\C.NC(=O)c1ccc(C(=O)CC2C(=O)Nc3c(Cl)ccc(Cl)c32)cc1. The van der Waals surface area contributed by atoms with Crippen LogP contribution in [0.3, 0.4) is 0 Å². The summed E-state index contributed by atoms with van der Waals surface area (Å²) in [7, 11) is 0. The lowest BCUT2D eigenvalue weighted by Gasteiger charge is -2.10. The molecule has 2 amide bonds. The van der Waals surface area contributed by atoms with Crippen molar-refractivity contribution in [2.45, 2.75) is 26.2 Å². The summed E-state index contributed by atoms with van der Waals surface area (Å²) in [6.07, 6.45) is 3.95. The largest absolute Gasteiger partial charge is 0.366 e. The normalized spacial score (nSPS) is 14.9. The van der Waals surface area contributed by atoms with Crippen molar-refractivity contribution in [3.05, 3.63) is 75.3 Å². The molecule has 1 heterocycles. The van der Waals surface area contributed by atoms with Crippen LogP contribution in [-0.4, -0.2) is 17.6 Å². The predicted molar refractivity (Wildman–Crippen MR) is 112 cm³/mol. The fourth-order valence-electron chi connectivity index (χ4n) is 2.70. The molecule has 0 saturated heterocycles. The zero-order valence-electron chi connectivity index (χ0n) is 15.5. The molecule has 3 N–H and O–H groups in total. The highest BCUT2D eigenvalue weighted by molar-refractivity contribution is 6.38. The van der Waals surface area contributed by atoms with Gasteiger partial charge in [-0.05, 0) is 38.1 Å². The van der Waals surface area contributed by atoms with Crippen molar-refractivity contribution in [3.8, 4) is 0 Å². The van der Waals surface area contributed by atoms with Crippen LogP contribution in [0.1, 0.15) is 52.5 Å². The Morgan fingerprint density at radius 3 is 2.07 bits per heavy atom. The molecule has 0 bridgehead atoms. The first-order valence-electron chi connectivity index (χ1n) is 8.59. The monoisotopic (exact) mass is 418 g/mol. The van der Waals surface area contributed by atoms with Crippen molar-refractivity contribution in [2.75, 3.05) is 5.32 Å². The Kier molecular flexibility index (Phi) is 7.38.